The molecule has 2 atom stereocenters. The van der Waals surface area contributed by atoms with Crippen LogP contribution < -0.4 is 0 Å². The maximum Gasteiger partial charge on any atom is 0.490 e. The quantitative estimate of drug-likeness (QED) is 0.759. The number of thiazole rings is 1. The molecule has 3 fully saturated rings. The molecule has 1 aromatic heterocycles. The third-order valence-electron chi connectivity index (χ3n) is 6.21. The van der Waals surface area contributed by atoms with E-state index >= 15 is 0 Å². The molecule has 10 heteroatoms. The largest absolute Gasteiger partial charge is 0.490 e. The Morgan fingerprint density at radius 1 is 1.23 bits per heavy atom. The van der Waals surface area contributed by atoms with Gasteiger partial charge in [-0.05, 0) is 38.5 Å². The van der Waals surface area contributed by atoms with Crippen molar-refractivity contribution in [1.29, 1.82) is 0 Å². The van der Waals surface area contributed by atoms with E-state index in [-0.39, 0.29) is 0 Å². The molecule has 0 bridgehead atoms. The molecule has 4 rings (SSSR count). The molecule has 1 aromatic rings. The highest BCUT2D eigenvalue weighted by atomic mass is 32.1. The zero-order valence-electron chi connectivity index (χ0n) is 17.0. The van der Waals surface area contributed by atoms with Gasteiger partial charge in [0.2, 0.25) is 5.91 Å². The summed E-state index contributed by atoms with van der Waals surface area (Å²) < 4.78 is 31.7. The molecule has 3 heterocycles. The molecule has 0 radical (unpaired) electrons. The Labute approximate surface area is 178 Å². The van der Waals surface area contributed by atoms with E-state index in [9.17, 15) is 18.0 Å². The van der Waals surface area contributed by atoms with Crippen molar-refractivity contribution in [2.45, 2.75) is 76.7 Å². The van der Waals surface area contributed by atoms with E-state index in [1.165, 1.54) is 38.8 Å². The van der Waals surface area contributed by atoms with Crippen LogP contribution in [0.3, 0.4) is 0 Å². The fourth-order valence-corrected chi connectivity index (χ4v) is 5.45. The lowest BCUT2D eigenvalue weighted by molar-refractivity contribution is -0.192. The van der Waals surface area contributed by atoms with Gasteiger partial charge in [-0.25, -0.2) is 9.78 Å². The normalized spacial score (nSPS) is 25.2. The third-order valence-corrected chi connectivity index (χ3v) is 7.03. The number of aliphatic carboxylic acids is 1. The smallest absolute Gasteiger partial charge is 0.475 e. The number of piperidine rings is 1. The second kappa shape index (κ2) is 9.64. The Hall–Kier alpha value is -1.68. The molecule has 2 aliphatic heterocycles. The van der Waals surface area contributed by atoms with E-state index in [1.807, 2.05) is 6.92 Å². The summed E-state index contributed by atoms with van der Waals surface area (Å²) in [4.78, 5) is 30.8. The molecule has 0 unspecified atom stereocenters. The number of aromatic nitrogens is 1. The SMILES string of the molecule is Cc1nc(CN2C(=O)CC[C@@H]3[C@H]2CCN3CC2CCCC2)cs1.O=C(O)C(F)(F)F. The predicted octanol–water partition coefficient (Wildman–Crippen LogP) is 3.84. The topological polar surface area (TPSA) is 73.7 Å². The lowest BCUT2D eigenvalue weighted by Gasteiger charge is -2.40. The number of rotatable bonds is 4. The van der Waals surface area contributed by atoms with Gasteiger partial charge in [-0.2, -0.15) is 13.2 Å². The molecular formula is C20H28F3N3O3S. The van der Waals surface area contributed by atoms with Crippen LogP contribution in [0.2, 0.25) is 0 Å². The molecule has 2 saturated heterocycles. The Morgan fingerprint density at radius 3 is 2.47 bits per heavy atom. The lowest BCUT2D eigenvalue weighted by Crippen LogP contribution is -2.52. The molecule has 1 aliphatic carbocycles. The van der Waals surface area contributed by atoms with Crippen molar-refractivity contribution in [3.8, 4) is 0 Å². The summed E-state index contributed by atoms with van der Waals surface area (Å²) in [5.41, 5.74) is 1.07. The van der Waals surface area contributed by atoms with Crippen LogP contribution in [-0.2, 0) is 16.1 Å². The van der Waals surface area contributed by atoms with Gasteiger partial charge < -0.3 is 10.0 Å². The van der Waals surface area contributed by atoms with E-state index in [0.717, 1.165) is 29.5 Å². The number of alkyl halides is 3. The number of carbonyl (C=O) groups excluding carboxylic acids is 1. The van der Waals surface area contributed by atoms with Crippen molar-refractivity contribution in [2.75, 3.05) is 13.1 Å². The van der Waals surface area contributed by atoms with Gasteiger partial charge in [0.25, 0.3) is 0 Å². The van der Waals surface area contributed by atoms with Gasteiger partial charge in [-0.15, -0.1) is 11.3 Å². The highest BCUT2D eigenvalue weighted by Gasteiger charge is 2.43. The number of carboxylic acid groups (broad SMARTS) is 1. The van der Waals surface area contributed by atoms with Gasteiger partial charge >= 0.3 is 12.1 Å². The Morgan fingerprint density at radius 2 is 1.90 bits per heavy atom. The van der Waals surface area contributed by atoms with Crippen molar-refractivity contribution in [1.82, 2.24) is 14.8 Å². The second-order valence-corrected chi connectivity index (χ2v) is 9.35. The van der Waals surface area contributed by atoms with Crippen LogP contribution in [0.25, 0.3) is 0 Å². The van der Waals surface area contributed by atoms with Crippen LogP contribution in [0.5, 0.6) is 0 Å². The zero-order valence-corrected chi connectivity index (χ0v) is 17.8. The molecule has 168 valence electrons. The first-order valence-electron chi connectivity index (χ1n) is 10.4. The predicted molar refractivity (Wildman–Crippen MR) is 106 cm³/mol. The average molecular weight is 448 g/mol. The Kier molecular flexibility index (Phi) is 7.38. The molecule has 1 amide bonds. The molecule has 0 spiro atoms. The van der Waals surface area contributed by atoms with Crippen molar-refractivity contribution >= 4 is 23.2 Å². The molecule has 30 heavy (non-hydrogen) atoms. The highest BCUT2D eigenvalue weighted by Crippen LogP contribution is 2.35. The van der Waals surface area contributed by atoms with E-state index in [0.29, 0.717) is 31.0 Å². The monoisotopic (exact) mass is 447 g/mol. The van der Waals surface area contributed by atoms with E-state index < -0.39 is 12.1 Å². The third kappa shape index (κ3) is 5.72. The van der Waals surface area contributed by atoms with E-state index in [1.54, 1.807) is 11.3 Å². The molecule has 1 N–H and O–H groups in total. The number of amides is 1. The van der Waals surface area contributed by atoms with Crippen LogP contribution in [0, 0.1) is 12.8 Å². The number of aryl methyl sites for hydroxylation is 1. The molecule has 6 nitrogen and oxygen atoms in total. The number of hydrogen-bond acceptors (Lipinski definition) is 5. The first kappa shape index (κ1) is 23.0. The van der Waals surface area contributed by atoms with Gasteiger partial charge in [-0.1, -0.05) is 12.8 Å². The number of hydrogen-bond donors (Lipinski definition) is 1. The van der Waals surface area contributed by atoms with Crippen LogP contribution in [0.4, 0.5) is 13.2 Å². The fraction of sp³-hybridized carbons (Fsp3) is 0.750. The number of fused-ring (bicyclic) bond motifs is 1. The van der Waals surface area contributed by atoms with Crippen molar-refractivity contribution in [3.63, 3.8) is 0 Å². The summed E-state index contributed by atoms with van der Waals surface area (Å²) in [5, 5.41) is 10.3. The molecule has 3 aliphatic rings. The summed E-state index contributed by atoms with van der Waals surface area (Å²) >= 11 is 1.68. The lowest BCUT2D eigenvalue weighted by atomic mass is 9.95. The Balaban J connectivity index is 0.000000318. The fourth-order valence-electron chi connectivity index (χ4n) is 4.85. The first-order chi connectivity index (χ1) is 14.1. The van der Waals surface area contributed by atoms with E-state index in [4.69, 9.17) is 9.90 Å². The number of carbonyl (C=O) groups is 2. The minimum absolute atomic E-state index is 0.333. The van der Waals surface area contributed by atoms with Gasteiger partial charge in [0.1, 0.15) is 0 Å². The maximum atomic E-state index is 12.5. The van der Waals surface area contributed by atoms with Crippen LogP contribution in [0.1, 0.15) is 55.6 Å². The van der Waals surface area contributed by atoms with Crippen LogP contribution in [-0.4, -0.2) is 63.1 Å². The summed E-state index contributed by atoms with van der Waals surface area (Å²) in [7, 11) is 0. The molecule has 0 aromatic carbocycles. The zero-order chi connectivity index (χ0) is 21.9. The van der Waals surface area contributed by atoms with Gasteiger partial charge in [0.15, 0.2) is 0 Å². The van der Waals surface area contributed by atoms with Crippen LogP contribution in [0.15, 0.2) is 5.38 Å². The van der Waals surface area contributed by atoms with Crippen molar-refractivity contribution in [3.05, 3.63) is 16.1 Å². The maximum absolute atomic E-state index is 12.5. The minimum Gasteiger partial charge on any atom is -0.475 e. The number of halogens is 3. The second-order valence-electron chi connectivity index (χ2n) is 8.29. The highest BCUT2D eigenvalue weighted by molar-refractivity contribution is 7.09. The number of nitrogens with zero attached hydrogens (tertiary/aromatic N) is 3. The average Bonchev–Trinajstić information content (AvgIpc) is 3.40. The van der Waals surface area contributed by atoms with Crippen LogP contribution >= 0.6 is 11.3 Å². The van der Waals surface area contributed by atoms with Gasteiger partial charge in [0, 0.05) is 37.0 Å². The van der Waals surface area contributed by atoms with E-state index in [2.05, 4.69) is 20.2 Å². The van der Waals surface area contributed by atoms with Gasteiger partial charge in [-0.3, -0.25) is 9.69 Å². The summed E-state index contributed by atoms with van der Waals surface area (Å²) in [6.45, 7) is 5.18. The standard InChI is InChI=1S/C18H27N3OS.C2HF3O2/c1-13-19-15(12-23-13)11-21-17-8-9-20(10-14-4-2-3-5-14)16(17)6-7-18(21)22;3-2(4,5)1(6)7/h12,14,16-17H,2-11H2,1H3;(H,6,7)/t16-,17-;/m1./s1. The van der Waals surface area contributed by atoms with Crippen molar-refractivity contribution < 1.29 is 27.9 Å². The Bertz CT molecular complexity index is 749. The molecular weight excluding hydrogens is 419 g/mol. The summed E-state index contributed by atoms with van der Waals surface area (Å²) in [6, 6.07) is 1.01. The number of likely N-dealkylation sites (tertiary alicyclic amines) is 2. The molecule has 1 saturated carbocycles. The summed E-state index contributed by atoms with van der Waals surface area (Å²) in [6.07, 6.45) is 3.49. The number of carboxylic acids is 1. The first-order valence-corrected chi connectivity index (χ1v) is 11.3. The van der Waals surface area contributed by atoms with Crippen molar-refractivity contribution in [2.24, 2.45) is 5.92 Å². The summed E-state index contributed by atoms with van der Waals surface area (Å²) in [5.74, 6) is -1.52. The van der Waals surface area contributed by atoms with Gasteiger partial charge in [0.05, 0.1) is 17.2 Å². The minimum atomic E-state index is -5.08.